The lowest BCUT2D eigenvalue weighted by molar-refractivity contribution is -0.112. The first-order valence-electron chi connectivity index (χ1n) is 7.51. The van der Waals surface area contributed by atoms with Gasteiger partial charge in [-0.15, -0.1) is 4.40 Å². The number of amides is 1. The van der Waals surface area contributed by atoms with Crippen LogP contribution in [0.4, 0.5) is 5.69 Å². The molecule has 2 aliphatic rings. The van der Waals surface area contributed by atoms with Gasteiger partial charge in [-0.2, -0.15) is 13.4 Å². The summed E-state index contributed by atoms with van der Waals surface area (Å²) < 4.78 is 28.4. The van der Waals surface area contributed by atoms with Gasteiger partial charge in [0.05, 0.1) is 12.2 Å². The van der Waals surface area contributed by atoms with Crippen LogP contribution in [0.25, 0.3) is 0 Å². The number of para-hydroxylation sites is 1. The fraction of sp³-hybridized carbons (Fsp3) is 0.0625. The topological polar surface area (TPSA) is 108 Å². The molecule has 0 unspecified atom stereocenters. The molecule has 0 bridgehead atoms. The number of hydrazine groups is 1. The van der Waals surface area contributed by atoms with Crippen LogP contribution in [0.15, 0.2) is 62.8 Å². The fourth-order valence-electron chi connectivity index (χ4n) is 2.80. The first-order valence-corrected chi connectivity index (χ1v) is 9.33. The summed E-state index contributed by atoms with van der Waals surface area (Å²) in [6.45, 7) is 0.229. The standard InChI is InChI=1S/C16H12ClN5O3S/c17-11-7-5-10(6-8-11)9-21-15(14(18)23)19-16-20-26(24,25)13-4-2-1-3-12(13)22(16)21/h1-8H,9H2,(H2,18,23). The molecule has 0 radical (unpaired) electrons. The Balaban J connectivity index is 1.84. The molecule has 2 N–H and O–H groups in total. The number of aliphatic imine (C=N–C) groups is 1. The number of anilines is 1. The summed E-state index contributed by atoms with van der Waals surface area (Å²) in [5.74, 6) is -0.997. The maximum Gasteiger partial charge on any atom is 0.287 e. The van der Waals surface area contributed by atoms with Gasteiger partial charge >= 0.3 is 0 Å². The number of rotatable bonds is 3. The second kappa shape index (κ2) is 5.82. The van der Waals surface area contributed by atoms with Crippen LogP contribution in [-0.2, 0) is 21.4 Å². The van der Waals surface area contributed by atoms with Gasteiger partial charge in [0.15, 0.2) is 0 Å². The Bertz CT molecular complexity index is 1080. The molecular weight excluding hydrogens is 378 g/mol. The van der Waals surface area contributed by atoms with E-state index in [0.717, 1.165) is 5.56 Å². The van der Waals surface area contributed by atoms with Crippen LogP contribution >= 0.6 is 11.6 Å². The van der Waals surface area contributed by atoms with E-state index in [1.807, 2.05) is 0 Å². The summed E-state index contributed by atoms with van der Waals surface area (Å²) in [4.78, 5) is 15.9. The summed E-state index contributed by atoms with van der Waals surface area (Å²) in [7, 11) is -3.90. The lowest BCUT2D eigenvalue weighted by Crippen LogP contribution is -2.48. The van der Waals surface area contributed by atoms with Crippen molar-refractivity contribution in [1.82, 2.24) is 5.01 Å². The molecule has 26 heavy (non-hydrogen) atoms. The van der Waals surface area contributed by atoms with E-state index in [0.29, 0.717) is 10.7 Å². The number of carbonyl (C=O) groups excluding carboxylic acids is 1. The van der Waals surface area contributed by atoms with Crippen LogP contribution in [0, 0.1) is 0 Å². The molecule has 0 saturated carbocycles. The lowest BCUT2D eigenvalue weighted by Gasteiger charge is -2.33. The van der Waals surface area contributed by atoms with Crippen LogP contribution in [0.1, 0.15) is 5.56 Å². The number of carbonyl (C=O) groups is 1. The van der Waals surface area contributed by atoms with Crippen molar-refractivity contribution in [2.75, 3.05) is 5.01 Å². The van der Waals surface area contributed by atoms with E-state index in [-0.39, 0.29) is 23.2 Å². The van der Waals surface area contributed by atoms with E-state index in [4.69, 9.17) is 17.3 Å². The Morgan fingerprint density at radius 1 is 1.12 bits per heavy atom. The number of nitrogens with zero attached hydrogens (tertiary/aromatic N) is 4. The molecule has 4 rings (SSSR count). The molecular formula is C16H12ClN5O3S. The summed E-state index contributed by atoms with van der Waals surface area (Å²) in [5, 5.41) is 3.55. The van der Waals surface area contributed by atoms with Crippen LogP contribution in [0.5, 0.6) is 0 Å². The number of benzene rings is 2. The van der Waals surface area contributed by atoms with Crippen molar-refractivity contribution in [3.63, 3.8) is 0 Å². The van der Waals surface area contributed by atoms with Crippen LogP contribution in [-0.4, -0.2) is 31.1 Å². The van der Waals surface area contributed by atoms with E-state index in [1.54, 1.807) is 42.5 Å². The molecule has 2 aliphatic heterocycles. The van der Waals surface area contributed by atoms with Gasteiger partial charge in [-0.3, -0.25) is 9.80 Å². The molecule has 0 atom stereocenters. The van der Waals surface area contributed by atoms with Crippen molar-refractivity contribution in [2.45, 2.75) is 11.4 Å². The minimum Gasteiger partial charge on any atom is -0.363 e. The maximum absolute atomic E-state index is 12.4. The summed E-state index contributed by atoms with van der Waals surface area (Å²) in [6, 6.07) is 13.4. The zero-order valence-electron chi connectivity index (χ0n) is 13.2. The van der Waals surface area contributed by atoms with Crippen LogP contribution in [0.2, 0.25) is 5.02 Å². The van der Waals surface area contributed by atoms with Gasteiger partial charge in [0.2, 0.25) is 5.84 Å². The summed E-state index contributed by atoms with van der Waals surface area (Å²) >= 11 is 5.91. The van der Waals surface area contributed by atoms with Gasteiger partial charge in [0.1, 0.15) is 4.90 Å². The Hall–Kier alpha value is -2.91. The quantitative estimate of drug-likeness (QED) is 0.856. The minimum atomic E-state index is -3.90. The molecule has 1 amide bonds. The molecule has 0 saturated heterocycles. The Kier molecular flexibility index (Phi) is 3.70. The predicted octanol–water partition coefficient (Wildman–Crippen LogP) is 1.52. The normalized spacial score (nSPS) is 17.3. The minimum absolute atomic E-state index is 0.0331. The lowest BCUT2D eigenvalue weighted by atomic mass is 10.2. The number of guanidine groups is 1. The third-order valence-electron chi connectivity index (χ3n) is 3.92. The molecule has 0 spiro atoms. The van der Waals surface area contributed by atoms with Gasteiger partial charge in [-0.05, 0) is 29.8 Å². The van der Waals surface area contributed by atoms with Crippen LogP contribution in [0.3, 0.4) is 0 Å². The van der Waals surface area contributed by atoms with Gasteiger partial charge in [0, 0.05) is 5.02 Å². The Morgan fingerprint density at radius 3 is 2.50 bits per heavy atom. The maximum atomic E-state index is 12.4. The monoisotopic (exact) mass is 389 g/mol. The Morgan fingerprint density at radius 2 is 1.81 bits per heavy atom. The number of halogens is 1. The van der Waals surface area contributed by atoms with E-state index in [9.17, 15) is 13.2 Å². The van der Waals surface area contributed by atoms with Crippen molar-refractivity contribution in [1.29, 1.82) is 0 Å². The highest BCUT2D eigenvalue weighted by Crippen LogP contribution is 2.35. The van der Waals surface area contributed by atoms with Gasteiger partial charge < -0.3 is 5.73 Å². The highest BCUT2D eigenvalue weighted by molar-refractivity contribution is 7.90. The summed E-state index contributed by atoms with van der Waals surface area (Å²) in [5.41, 5.74) is 6.63. The van der Waals surface area contributed by atoms with Crippen molar-refractivity contribution in [3.8, 4) is 0 Å². The zero-order valence-corrected chi connectivity index (χ0v) is 14.8. The first-order chi connectivity index (χ1) is 12.4. The zero-order chi connectivity index (χ0) is 18.5. The van der Waals surface area contributed by atoms with E-state index >= 15 is 0 Å². The van der Waals surface area contributed by atoms with Gasteiger partial charge in [-0.1, -0.05) is 35.9 Å². The second-order valence-corrected chi connectivity index (χ2v) is 7.64. The molecule has 10 heteroatoms. The van der Waals surface area contributed by atoms with Crippen molar-refractivity contribution < 1.29 is 13.2 Å². The smallest absolute Gasteiger partial charge is 0.287 e. The largest absolute Gasteiger partial charge is 0.363 e. The fourth-order valence-corrected chi connectivity index (χ4v) is 4.02. The predicted molar refractivity (Wildman–Crippen MR) is 97.2 cm³/mol. The number of sulfonamides is 1. The summed E-state index contributed by atoms with van der Waals surface area (Å²) in [6.07, 6.45) is 0. The van der Waals surface area contributed by atoms with Gasteiger partial charge in [0.25, 0.3) is 21.9 Å². The number of amidine groups is 1. The highest BCUT2D eigenvalue weighted by atomic mass is 35.5. The number of nitrogens with two attached hydrogens (primary N) is 1. The van der Waals surface area contributed by atoms with E-state index < -0.39 is 15.9 Å². The molecule has 0 aliphatic carbocycles. The third-order valence-corrected chi connectivity index (χ3v) is 5.48. The van der Waals surface area contributed by atoms with E-state index in [2.05, 4.69) is 9.39 Å². The third kappa shape index (κ3) is 2.61. The molecule has 0 aromatic heterocycles. The van der Waals surface area contributed by atoms with Crippen molar-refractivity contribution in [3.05, 3.63) is 59.1 Å². The highest BCUT2D eigenvalue weighted by Gasteiger charge is 2.41. The molecule has 132 valence electrons. The average Bonchev–Trinajstić information content (AvgIpc) is 2.95. The van der Waals surface area contributed by atoms with E-state index in [1.165, 1.54) is 16.1 Å². The molecule has 2 heterocycles. The average molecular weight is 390 g/mol. The number of primary amides is 1. The molecule has 2 aromatic carbocycles. The molecule has 0 fully saturated rings. The molecule has 2 aromatic rings. The number of hydrogen-bond acceptors (Lipinski definition) is 6. The number of hydrogen-bond donors (Lipinski definition) is 1. The Labute approximate surface area is 154 Å². The van der Waals surface area contributed by atoms with Crippen molar-refractivity contribution in [2.24, 2.45) is 15.1 Å². The second-order valence-electron chi connectivity index (χ2n) is 5.63. The van der Waals surface area contributed by atoms with Gasteiger partial charge in [-0.25, -0.2) is 5.01 Å². The van der Waals surface area contributed by atoms with Crippen molar-refractivity contribution >= 4 is 45.0 Å². The molecule has 8 nitrogen and oxygen atoms in total. The van der Waals surface area contributed by atoms with Crippen LogP contribution < -0.4 is 10.7 Å². The SMILES string of the molecule is NC(=O)C1=NC2=NS(=O)(=O)c3ccccc3N2N1Cc1ccc(Cl)cc1. The first kappa shape index (κ1) is 16.6. The number of fused-ring (bicyclic) bond motifs is 3.